The zero-order chi connectivity index (χ0) is 9.68. The van der Waals surface area contributed by atoms with Gasteiger partial charge in [0.05, 0.1) is 0 Å². The molecule has 0 saturated carbocycles. The first-order valence-electron chi connectivity index (χ1n) is 4.28. The average Bonchev–Trinajstić information content (AvgIpc) is 2.15. The SMILES string of the molecule is CC(C)=CN=C(C)c1cccnc1. The lowest BCUT2D eigenvalue weighted by atomic mass is 10.2. The summed E-state index contributed by atoms with van der Waals surface area (Å²) in [7, 11) is 0. The molecule has 0 radical (unpaired) electrons. The fraction of sp³-hybridized carbons (Fsp3) is 0.273. The van der Waals surface area contributed by atoms with Crippen LogP contribution in [0.5, 0.6) is 0 Å². The van der Waals surface area contributed by atoms with Gasteiger partial charge in [-0.1, -0.05) is 11.6 Å². The molecule has 0 aliphatic rings. The zero-order valence-electron chi connectivity index (χ0n) is 8.28. The Kier molecular flexibility index (Phi) is 3.38. The molecule has 2 heteroatoms. The molecule has 13 heavy (non-hydrogen) atoms. The lowest BCUT2D eigenvalue weighted by Crippen LogP contribution is -1.93. The Labute approximate surface area is 79.0 Å². The van der Waals surface area contributed by atoms with E-state index in [1.807, 2.05) is 45.3 Å². The highest BCUT2D eigenvalue weighted by Gasteiger charge is 1.93. The van der Waals surface area contributed by atoms with Gasteiger partial charge in [-0.25, -0.2) is 0 Å². The predicted octanol–water partition coefficient (Wildman–Crippen LogP) is 2.81. The monoisotopic (exact) mass is 174 g/mol. The van der Waals surface area contributed by atoms with Crippen LogP contribution in [0, 0.1) is 0 Å². The Morgan fingerprint density at radius 3 is 2.69 bits per heavy atom. The molecule has 0 N–H and O–H groups in total. The van der Waals surface area contributed by atoms with Gasteiger partial charge in [-0.15, -0.1) is 0 Å². The van der Waals surface area contributed by atoms with Crippen LogP contribution in [-0.4, -0.2) is 10.7 Å². The summed E-state index contributed by atoms with van der Waals surface area (Å²) in [5.41, 5.74) is 3.26. The Morgan fingerprint density at radius 1 is 1.38 bits per heavy atom. The summed E-state index contributed by atoms with van der Waals surface area (Å²) < 4.78 is 0. The lowest BCUT2D eigenvalue weighted by molar-refractivity contribution is 1.29. The van der Waals surface area contributed by atoms with Crippen LogP contribution in [0.2, 0.25) is 0 Å². The Bertz CT molecular complexity index is 319. The first kappa shape index (κ1) is 9.65. The molecule has 1 aromatic heterocycles. The van der Waals surface area contributed by atoms with E-state index in [1.165, 1.54) is 5.57 Å². The van der Waals surface area contributed by atoms with E-state index in [-0.39, 0.29) is 0 Å². The lowest BCUT2D eigenvalue weighted by Gasteiger charge is -1.96. The van der Waals surface area contributed by atoms with Gasteiger partial charge in [-0.3, -0.25) is 9.98 Å². The highest BCUT2D eigenvalue weighted by atomic mass is 14.7. The molecule has 0 aliphatic heterocycles. The topological polar surface area (TPSA) is 25.2 Å². The van der Waals surface area contributed by atoms with Gasteiger partial charge in [-0.2, -0.15) is 0 Å². The minimum atomic E-state index is 0.995. The van der Waals surface area contributed by atoms with E-state index in [2.05, 4.69) is 9.98 Å². The molecule has 2 nitrogen and oxygen atoms in total. The van der Waals surface area contributed by atoms with Gasteiger partial charge in [0.2, 0.25) is 0 Å². The van der Waals surface area contributed by atoms with E-state index < -0.39 is 0 Å². The third-order valence-electron chi connectivity index (χ3n) is 1.60. The van der Waals surface area contributed by atoms with E-state index in [0.717, 1.165) is 11.3 Å². The number of rotatable bonds is 2. The van der Waals surface area contributed by atoms with Crippen molar-refractivity contribution >= 4 is 5.71 Å². The fourth-order valence-electron chi connectivity index (χ4n) is 0.877. The van der Waals surface area contributed by atoms with Gasteiger partial charge >= 0.3 is 0 Å². The second-order valence-electron chi connectivity index (χ2n) is 3.16. The van der Waals surface area contributed by atoms with Gasteiger partial charge in [0.25, 0.3) is 0 Å². The van der Waals surface area contributed by atoms with Gasteiger partial charge in [0.15, 0.2) is 0 Å². The van der Waals surface area contributed by atoms with E-state index >= 15 is 0 Å². The molecule has 68 valence electrons. The highest BCUT2D eigenvalue weighted by Crippen LogP contribution is 1.99. The first-order chi connectivity index (χ1) is 6.20. The number of nitrogens with zero attached hydrogens (tertiary/aromatic N) is 2. The number of hydrogen-bond acceptors (Lipinski definition) is 2. The third kappa shape index (κ3) is 3.20. The molecule has 1 heterocycles. The summed E-state index contributed by atoms with van der Waals surface area (Å²) >= 11 is 0. The van der Waals surface area contributed by atoms with E-state index in [0.29, 0.717) is 0 Å². The quantitative estimate of drug-likeness (QED) is 0.633. The minimum absolute atomic E-state index is 0.995. The van der Waals surface area contributed by atoms with Crippen molar-refractivity contribution in [2.75, 3.05) is 0 Å². The minimum Gasteiger partial charge on any atom is -0.264 e. The van der Waals surface area contributed by atoms with Crippen LogP contribution >= 0.6 is 0 Å². The van der Waals surface area contributed by atoms with Crippen LogP contribution in [0.4, 0.5) is 0 Å². The van der Waals surface area contributed by atoms with Crippen molar-refractivity contribution in [3.05, 3.63) is 41.9 Å². The molecule has 0 atom stereocenters. The standard InChI is InChI=1S/C11H14N2/c1-9(2)7-13-10(3)11-5-4-6-12-8-11/h4-8H,1-3H3. The molecule has 0 spiro atoms. The zero-order valence-corrected chi connectivity index (χ0v) is 8.28. The van der Waals surface area contributed by atoms with Gasteiger partial charge in [0.1, 0.15) is 0 Å². The normalized spacial score (nSPS) is 11.2. The van der Waals surface area contributed by atoms with Crippen molar-refractivity contribution in [3.63, 3.8) is 0 Å². The number of allylic oxidation sites excluding steroid dienone is 1. The maximum Gasteiger partial charge on any atom is 0.0460 e. The second-order valence-corrected chi connectivity index (χ2v) is 3.16. The molecular weight excluding hydrogens is 160 g/mol. The van der Waals surface area contributed by atoms with Crippen molar-refractivity contribution in [1.82, 2.24) is 4.98 Å². The number of aromatic nitrogens is 1. The van der Waals surface area contributed by atoms with Crippen molar-refractivity contribution in [3.8, 4) is 0 Å². The van der Waals surface area contributed by atoms with E-state index in [9.17, 15) is 0 Å². The maximum atomic E-state index is 4.31. The number of hydrogen-bond donors (Lipinski definition) is 0. The van der Waals surface area contributed by atoms with Gasteiger partial charge < -0.3 is 0 Å². The summed E-state index contributed by atoms with van der Waals surface area (Å²) in [6.45, 7) is 6.04. The third-order valence-corrected chi connectivity index (χ3v) is 1.60. The van der Waals surface area contributed by atoms with Crippen molar-refractivity contribution in [2.45, 2.75) is 20.8 Å². The molecule has 0 fully saturated rings. The average molecular weight is 174 g/mol. The number of aliphatic imine (C=N–C) groups is 1. The molecule has 0 aromatic carbocycles. The largest absolute Gasteiger partial charge is 0.264 e. The summed E-state index contributed by atoms with van der Waals surface area (Å²) in [5.74, 6) is 0. The van der Waals surface area contributed by atoms with Crippen molar-refractivity contribution in [2.24, 2.45) is 4.99 Å². The van der Waals surface area contributed by atoms with Crippen LogP contribution in [0.3, 0.4) is 0 Å². The number of pyridine rings is 1. The summed E-state index contributed by atoms with van der Waals surface area (Å²) in [5, 5.41) is 0. The summed E-state index contributed by atoms with van der Waals surface area (Å²) in [6, 6.07) is 3.92. The van der Waals surface area contributed by atoms with E-state index in [4.69, 9.17) is 0 Å². The first-order valence-corrected chi connectivity index (χ1v) is 4.28. The van der Waals surface area contributed by atoms with Crippen LogP contribution in [0.15, 0.2) is 41.3 Å². The fourth-order valence-corrected chi connectivity index (χ4v) is 0.877. The molecule has 0 aliphatic carbocycles. The maximum absolute atomic E-state index is 4.31. The van der Waals surface area contributed by atoms with Gasteiger partial charge in [0, 0.05) is 29.9 Å². The van der Waals surface area contributed by atoms with Crippen LogP contribution in [0.25, 0.3) is 0 Å². The Morgan fingerprint density at radius 2 is 2.15 bits per heavy atom. The molecule has 0 amide bonds. The van der Waals surface area contributed by atoms with Crippen molar-refractivity contribution in [1.29, 1.82) is 0 Å². The van der Waals surface area contributed by atoms with Crippen LogP contribution in [0.1, 0.15) is 26.3 Å². The van der Waals surface area contributed by atoms with Crippen molar-refractivity contribution < 1.29 is 0 Å². The molecule has 0 saturated heterocycles. The van der Waals surface area contributed by atoms with Crippen LogP contribution in [-0.2, 0) is 0 Å². The van der Waals surface area contributed by atoms with Gasteiger partial charge in [-0.05, 0) is 26.8 Å². The molecule has 1 rings (SSSR count). The molecular formula is C11H14N2. The highest BCUT2D eigenvalue weighted by molar-refractivity contribution is 5.98. The summed E-state index contributed by atoms with van der Waals surface area (Å²) in [6.07, 6.45) is 5.44. The molecule has 1 aromatic rings. The molecule has 0 bridgehead atoms. The Balaban J connectivity index is 2.86. The molecule has 0 unspecified atom stereocenters. The predicted molar refractivity (Wildman–Crippen MR) is 55.9 cm³/mol. The van der Waals surface area contributed by atoms with E-state index in [1.54, 1.807) is 6.20 Å². The summed E-state index contributed by atoms with van der Waals surface area (Å²) in [4.78, 5) is 8.34. The Hall–Kier alpha value is -1.44. The van der Waals surface area contributed by atoms with Crippen LogP contribution < -0.4 is 0 Å². The smallest absolute Gasteiger partial charge is 0.0460 e. The second kappa shape index (κ2) is 4.55.